The second-order valence-electron chi connectivity index (χ2n) is 7.54. The van der Waals surface area contributed by atoms with Crippen LogP contribution in [0.4, 0.5) is 23.2 Å². The molecule has 0 bridgehead atoms. The summed E-state index contributed by atoms with van der Waals surface area (Å²) in [5.41, 5.74) is 1.03. The summed E-state index contributed by atoms with van der Waals surface area (Å²) < 4.78 is 64.5. The van der Waals surface area contributed by atoms with Gasteiger partial charge in [0.05, 0.1) is 29.6 Å². The lowest BCUT2D eigenvalue weighted by atomic mass is 10.1. The normalized spacial score (nSPS) is 12.3. The lowest BCUT2D eigenvalue weighted by Crippen LogP contribution is -2.41. The van der Waals surface area contributed by atoms with Gasteiger partial charge in [-0.1, -0.05) is 11.6 Å². The third kappa shape index (κ3) is 6.43. The number of halogens is 5. The second kappa shape index (κ2) is 11.0. The Morgan fingerprint density at radius 2 is 1.97 bits per heavy atom. The van der Waals surface area contributed by atoms with E-state index in [1.807, 2.05) is 0 Å². The van der Waals surface area contributed by atoms with Gasteiger partial charge in [0, 0.05) is 30.9 Å². The quantitative estimate of drug-likeness (QED) is 0.308. The zero-order chi connectivity index (χ0) is 25.8. The number of aromatic nitrogens is 2. The first-order valence-corrected chi connectivity index (χ1v) is 10.8. The molecule has 3 aromatic rings. The number of hydrogen-bond acceptors (Lipinski definition) is 5. The molecule has 0 saturated heterocycles. The van der Waals surface area contributed by atoms with Crippen LogP contribution < -0.4 is 20.1 Å². The molecule has 2 aromatic carbocycles. The molecule has 0 fully saturated rings. The molecule has 188 valence electrons. The number of hydrogen-bond donors (Lipinski definition) is 2. The van der Waals surface area contributed by atoms with E-state index in [2.05, 4.69) is 15.7 Å². The number of ether oxygens (including phenoxy) is 2. The van der Waals surface area contributed by atoms with Crippen molar-refractivity contribution in [1.82, 2.24) is 15.1 Å². The Morgan fingerprint density at radius 1 is 1.23 bits per heavy atom. The summed E-state index contributed by atoms with van der Waals surface area (Å²) in [4.78, 5) is 12.6. The van der Waals surface area contributed by atoms with Gasteiger partial charge in [-0.3, -0.25) is 9.48 Å². The molecule has 0 saturated carbocycles. The summed E-state index contributed by atoms with van der Waals surface area (Å²) in [7, 11) is 3.03. The van der Waals surface area contributed by atoms with Crippen LogP contribution in [0.25, 0.3) is 11.3 Å². The smallest absolute Gasteiger partial charge is 0.403 e. The van der Waals surface area contributed by atoms with E-state index in [-0.39, 0.29) is 24.5 Å². The molecule has 2 N–H and O–H groups in total. The molecule has 0 aliphatic carbocycles. The van der Waals surface area contributed by atoms with Crippen LogP contribution in [0.2, 0.25) is 5.02 Å². The Balaban J connectivity index is 1.82. The van der Waals surface area contributed by atoms with E-state index in [0.29, 0.717) is 27.7 Å². The van der Waals surface area contributed by atoms with Crippen molar-refractivity contribution in [2.45, 2.75) is 19.1 Å². The van der Waals surface area contributed by atoms with Gasteiger partial charge in [0.2, 0.25) is 0 Å². The maximum Gasteiger partial charge on any atom is 0.403 e. The first-order chi connectivity index (χ1) is 16.5. The van der Waals surface area contributed by atoms with E-state index >= 15 is 0 Å². The van der Waals surface area contributed by atoms with Gasteiger partial charge in [0.15, 0.2) is 0 Å². The molecule has 1 aromatic heterocycles. The van der Waals surface area contributed by atoms with E-state index in [1.54, 1.807) is 13.1 Å². The third-order valence-corrected chi connectivity index (χ3v) is 5.39. The number of benzene rings is 2. The van der Waals surface area contributed by atoms with Gasteiger partial charge in [-0.2, -0.15) is 18.3 Å². The highest BCUT2D eigenvalue weighted by Gasteiger charge is 2.35. The highest BCUT2D eigenvalue weighted by molar-refractivity contribution is 6.33. The number of carbonyl (C=O) groups is 1. The first-order valence-electron chi connectivity index (χ1n) is 10.4. The van der Waals surface area contributed by atoms with E-state index < -0.39 is 23.9 Å². The minimum Gasteiger partial charge on any atom is -0.497 e. The van der Waals surface area contributed by atoms with Crippen LogP contribution in [-0.4, -0.2) is 48.2 Å². The fourth-order valence-electron chi connectivity index (χ4n) is 3.19. The standard InChI is InChI=1S/C23H23ClF4N4O3/c1-13(23(26,27)28)29-8-9-35-20-7-4-14(10-17(20)21-18(24)12-30-32(21)2)31-22(33)16-6-5-15(34-3)11-19(16)25/h4-7,10-13,29H,8-9H2,1-3H3,(H,31,33). The molecular formula is C23H23ClF4N4O3. The van der Waals surface area contributed by atoms with Crippen LogP contribution in [0, 0.1) is 5.82 Å². The highest BCUT2D eigenvalue weighted by Crippen LogP contribution is 2.36. The first kappa shape index (κ1) is 26.3. The summed E-state index contributed by atoms with van der Waals surface area (Å²) in [5.74, 6) is -0.859. The molecule has 0 radical (unpaired) electrons. The van der Waals surface area contributed by atoms with Crippen LogP contribution in [0.5, 0.6) is 11.5 Å². The average Bonchev–Trinajstić information content (AvgIpc) is 3.13. The topological polar surface area (TPSA) is 77.4 Å². The molecule has 0 aliphatic heterocycles. The summed E-state index contributed by atoms with van der Waals surface area (Å²) in [5, 5.41) is 9.35. The van der Waals surface area contributed by atoms with Gasteiger partial charge < -0.3 is 20.1 Å². The van der Waals surface area contributed by atoms with Crippen molar-refractivity contribution in [2.75, 3.05) is 25.6 Å². The molecule has 12 heteroatoms. The Labute approximate surface area is 204 Å². The number of nitrogens with zero attached hydrogens (tertiary/aromatic N) is 2. The number of carbonyl (C=O) groups excluding carboxylic acids is 1. The minimum absolute atomic E-state index is 0.0610. The molecule has 1 unspecified atom stereocenters. The Hall–Kier alpha value is -3.31. The molecule has 0 aliphatic rings. The highest BCUT2D eigenvalue weighted by atomic mass is 35.5. The molecule has 0 spiro atoms. The zero-order valence-electron chi connectivity index (χ0n) is 19.0. The molecule has 7 nitrogen and oxygen atoms in total. The summed E-state index contributed by atoms with van der Waals surface area (Å²) >= 11 is 6.28. The average molecular weight is 515 g/mol. The predicted octanol–water partition coefficient (Wildman–Crippen LogP) is 5.06. The van der Waals surface area contributed by atoms with Crippen molar-refractivity contribution in [2.24, 2.45) is 7.05 Å². The van der Waals surface area contributed by atoms with Crippen LogP contribution >= 0.6 is 11.6 Å². The number of nitrogens with one attached hydrogen (secondary N) is 2. The number of rotatable bonds is 9. The third-order valence-electron chi connectivity index (χ3n) is 5.11. The van der Waals surface area contributed by atoms with Crippen LogP contribution in [0.15, 0.2) is 42.6 Å². The van der Waals surface area contributed by atoms with Crippen molar-refractivity contribution in [3.8, 4) is 22.8 Å². The molecule has 1 heterocycles. The molecule has 35 heavy (non-hydrogen) atoms. The SMILES string of the molecule is COc1ccc(C(=O)Nc2ccc(OCCNC(C)C(F)(F)F)c(-c3c(Cl)cnn3C)c2)c(F)c1. The molecule has 1 atom stereocenters. The van der Waals surface area contributed by atoms with Gasteiger partial charge >= 0.3 is 6.18 Å². The fourth-order valence-corrected chi connectivity index (χ4v) is 3.46. The minimum atomic E-state index is -4.36. The van der Waals surface area contributed by atoms with E-state index in [9.17, 15) is 22.4 Å². The largest absolute Gasteiger partial charge is 0.497 e. The van der Waals surface area contributed by atoms with E-state index in [0.717, 1.165) is 13.0 Å². The van der Waals surface area contributed by atoms with E-state index in [4.69, 9.17) is 21.1 Å². The molecule has 3 rings (SSSR count). The summed E-state index contributed by atoms with van der Waals surface area (Å²) in [6, 6.07) is 6.79. The maximum absolute atomic E-state index is 14.3. The zero-order valence-corrected chi connectivity index (χ0v) is 19.8. The van der Waals surface area contributed by atoms with Gasteiger partial charge in [-0.15, -0.1) is 0 Å². The lowest BCUT2D eigenvalue weighted by Gasteiger charge is -2.18. The number of aryl methyl sites for hydroxylation is 1. The van der Waals surface area contributed by atoms with Crippen molar-refractivity contribution >= 4 is 23.2 Å². The number of amides is 1. The van der Waals surface area contributed by atoms with E-state index in [1.165, 1.54) is 42.3 Å². The predicted molar refractivity (Wildman–Crippen MR) is 124 cm³/mol. The Morgan fingerprint density at radius 3 is 2.57 bits per heavy atom. The van der Waals surface area contributed by atoms with Crippen molar-refractivity contribution in [3.05, 3.63) is 59.0 Å². The summed E-state index contributed by atoms with van der Waals surface area (Å²) in [6.45, 7) is 0.893. The van der Waals surface area contributed by atoms with Gasteiger partial charge in [0.1, 0.15) is 30.0 Å². The van der Waals surface area contributed by atoms with Gasteiger partial charge in [-0.05, 0) is 37.3 Å². The van der Waals surface area contributed by atoms with Gasteiger partial charge in [-0.25, -0.2) is 4.39 Å². The lowest BCUT2D eigenvalue weighted by molar-refractivity contribution is -0.151. The van der Waals surface area contributed by atoms with Crippen LogP contribution in [0.3, 0.4) is 0 Å². The van der Waals surface area contributed by atoms with Crippen molar-refractivity contribution in [1.29, 1.82) is 0 Å². The number of anilines is 1. The molecular weight excluding hydrogens is 492 g/mol. The number of alkyl halides is 3. The monoisotopic (exact) mass is 514 g/mol. The Kier molecular flexibility index (Phi) is 8.23. The van der Waals surface area contributed by atoms with Crippen molar-refractivity contribution < 1.29 is 31.8 Å². The van der Waals surface area contributed by atoms with Crippen LogP contribution in [-0.2, 0) is 7.05 Å². The summed E-state index contributed by atoms with van der Waals surface area (Å²) in [6.07, 6.45) is -2.94. The molecule has 1 amide bonds. The fraction of sp³-hybridized carbons (Fsp3) is 0.304. The maximum atomic E-state index is 14.3. The van der Waals surface area contributed by atoms with Crippen LogP contribution in [0.1, 0.15) is 17.3 Å². The Bertz CT molecular complexity index is 1180. The number of methoxy groups -OCH3 is 1. The van der Waals surface area contributed by atoms with Crippen molar-refractivity contribution in [3.63, 3.8) is 0 Å². The van der Waals surface area contributed by atoms with Gasteiger partial charge in [0.25, 0.3) is 5.91 Å². The second-order valence-corrected chi connectivity index (χ2v) is 7.95.